The number of hydrogen-bond donors (Lipinski definition) is 1. The second-order valence-electron chi connectivity index (χ2n) is 5.45. The van der Waals surface area contributed by atoms with Crippen molar-refractivity contribution in [2.45, 2.75) is 51.7 Å². The first-order valence-electron chi connectivity index (χ1n) is 6.78. The molecule has 0 aromatic heterocycles. The molecule has 1 aliphatic rings. The summed E-state index contributed by atoms with van der Waals surface area (Å²) in [6.07, 6.45) is 4.47. The maximum Gasteiger partial charge on any atom is 0.165 e. The molecule has 2 nitrogen and oxygen atoms in total. The minimum atomic E-state index is -0.302. The lowest BCUT2D eigenvalue weighted by molar-refractivity contribution is 0.128. The van der Waals surface area contributed by atoms with Crippen LogP contribution in [-0.2, 0) is 0 Å². The SMILES string of the molecule is CC1CCC(Oc2c(F)cccc2[C@H](C)N)CC1. The molecular weight excluding hydrogens is 229 g/mol. The van der Waals surface area contributed by atoms with Gasteiger partial charge in [-0.3, -0.25) is 0 Å². The average Bonchev–Trinajstić information content (AvgIpc) is 2.34. The summed E-state index contributed by atoms with van der Waals surface area (Å²) in [5, 5.41) is 0. The summed E-state index contributed by atoms with van der Waals surface area (Å²) >= 11 is 0. The van der Waals surface area contributed by atoms with Gasteiger partial charge in [-0.1, -0.05) is 19.1 Å². The lowest BCUT2D eigenvalue weighted by atomic mass is 9.89. The largest absolute Gasteiger partial charge is 0.487 e. The summed E-state index contributed by atoms with van der Waals surface area (Å²) in [6.45, 7) is 4.11. The van der Waals surface area contributed by atoms with Crippen molar-refractivity contribution in [3.05, 3.63) is 29.6 Å². The summed E-state index contributed by atoms with van der Waals surface area (Å²) < 4.78 is 19.7. The summed E-state index contributed by atoms with van der Waals surface area (Å²) in [5.41, 5.74) is 6.62. The van der Waals surface area contributed by atoms with Gasteiger partial charge in [-0.2, -0.15) is 0 Å². The molecule has 1 aliphatic carbocycles. The molecule has 2 N–H and O–H groups in total. The Kier molecular flexibility index (Phi) is 4.23. The van der Waals surface area contributed by atoms with Crippen molar-refractivity contribution in [1.82, 2.24) is 0 Å². The lowest BCUT2D eigenvalue weighted by Gasteiger charge is -2.28. The van der Waals surface area contributed by atoms with E-state index >= 15 is 0 Å². The van der Waals surface area contributed by atoms with Crippen molar-refractivity contribution in [3.63, 3.8) is 0 Å². The number of rotatable bonds is 3. The summed E-state index contributed by atoms with van der Waals surface area (Å²) in [6, 6.07) is 4.75. The van der Waals surface area contributed by atoms with Crippen molar-refractivity contribution in [3.8, 4) is 5.75 Å². The van der Waals surface area contributed by atoms with Crippen LogP contribution in [0.4, 0.5) is 4.39 Å². The third-order valence-electron chi connectivity index (χ3n) is 3.74. The van der Waals surface area contributed by atoms with Gasteiger partial charge >= 0.3 is 0 Å². The van der Waals surface area contributed by atoms with E-state index < -0.39 is 0 Å². The Hall–Kier alpha value is -1.09. The van der Waals surface area contributed by atoms with Crippen LogP contribution in [0.5, 0.6) is 5.75 Å². The van der Waals surface area contributed by atoms with Crippen LogP contribution >= 0.6 is 0 Å². The molecule has 0 radical (unpaired) electrons. The van der Waals surface area contributed by atoms with Crippen LogP contribution in [0.1, 0.15) is 51.1 Å². The maximum absolute atomic E-state index is 13.9. The fourth-order valence-corrected chi connectivity index (χ4v) is 2.52. The van der Waals surface area contributed by atoms with Crippen LogP contribution in [0.3, 0.4) is 0 Å². The van der Waals surface area contributed by atoms with Crippen molar-refractivity contribution in [2.75, 3.05) is 0 Å². The molecule has 1 aromatic carbocycles. The van der Waals surface area contributed by atoms with Gasteiger partial charge in [0.1, 0.15) is 0 Å². The number of benzene rings is 1. The second-order valence-corrected chi connectivity index (χ2v) is 5.45. The van der Waals surface area contributed by atoms with E-state index in [0.29, 0.717) is 5.75 Å². The molecule has 18 heavy (non-hydrogen) atoms. The summed E-state index contributed by atoms with van der Waals surface area (Å²) in [7, 11) is 0. The van der Waals surface area contributed by atoms with Crippen molar-refractivity contribution < 1.29 is 9.13 Å². The van der Waals surface area contributed by atoms with E-state index in [2.05, 4.69) is 6.92 Å². The molecule has 0 saturated heterocycles. The molecule has 3 heteroatoms. The van der Waals surface area contributed by atoms with E-state index in [1.165, 1.54) is 6.07 Å². The molecule has 0 aliphatic heterocycles. The zero-order chi connectivity index (χ0) is 13.1. The van der Waals surface area contributed by atoms with E-state index in [0.717, 1.165) is 37.2 Å². The first-order valence-corrected chi connectivity index (χ1v) is 6.78. The van der Waals surface area contributed by atoms with E-state index in [1.54, 1.807) is 6.07 Å². The molecule has 0 spiro atoms. The highest BCUT2D eigenvalue weighted by atomic mass is 19.1. The van der Waals surface area contributed by atoms with Crippen LogP contribution in [0.25, 0.3) is 0 Å². The molecule has 1 atom stereocenters. The first kappa shape index (κ1) is 13.3. The number of para-hydroxylation sites is 1. The minimum Gasteiger partial charge on any atom is -0.487 e. The van der Waals surface area contributed by atoms with Gasteiger partial charge in [0.05, 0.1) is 6.10 Å². The fraction of sp³-hybridized carbons (Fsp3) is 0.600. The minimum absolute atomic E-state index is 0.135. The third-order valence-corrected chi connectivity index (χ3v) is 3.74. The standard InChI is InChI=1S/C15H22FNO/c1-10-6-8-12(9-7-10)18-15-13(11(2)17)4-3-5-14(15)16/h3-5,10-12H,6-9,17H2,1-2H3/t10?,11-,12?/m0/s1. The van der Waals surface area contributed by atoms with Gasteiger partial charge in [-0.25, -0.2) is 4.39 Å². The van der Waals surface area contributed by atoms with E-state index in [-0.39, 0.29) is 18.0 Å². The van der Waals surface area contributed by atoms with Crippen molar-refractivity contribution >= 4 is 0 Å². The van der Waals surface area contributed by atoms with Gasteiger partial charge in [0, 0.05) is 11.6 Å². The Morgan fingerprint density at radius 1 is 1.28 bits per heavy atom. The molecule has 0 bridgehead atoms. The molecule has 0 amide bonds. The zero-order valence-electron chi connectivity index (χ0n) is 11.2. The Balaban J connectivity index is 2.13. The highest BCUT2D eigenvalue weighted by Gasteiger charge is 2.22. The van der Waals surface area contributed by atoms with Crippen LogP contribution < -0.4 is 10.5 Å². The summed E-state index contributed by atoms with van der Waals surface area (Å²) in [4.78, 5) is 0. The quantitative estimate of drug-likeness (QED) is 0.886. The lowest BCUT2D eigenvalue weighted by Crippen LogP contribution is -2.24. The van der Waals surface area contributed by atoms with Gasteiger partial charge in [0.2, 0.25) is 0 Å². The maximum atomic E-state index is 13.9. The van der Waals surface area contributed by atoms with Crippen molar-refractivity contribution in [2.24, 2.45) is 11.7 Å². The molecule has 2 rings (SSSR count). The Labute approximate surface area is 108 Å². The van der Waals surface area contributed by atoms with Crippen molar-refractivity contribution in [1.29, 1.82) is 0 Å². The van der Waals surface area contributed by atoms with Gasteiger partial charge in [0.25, 0.3) is 0 Å². The number of ether oxygens (including phenoxy) is 1. The molecule has 1 aromatic rings. The van der Waals surface area contributed by atoms with Crippen LogP contribution in [-0.4, -0.2) is 6.10 Å². The Morgan fingerprint density at radius 2 is 1.94 bits per heavy atom. The van der Waals surface area contributed by atoms with E-state index in [4.69, 9.17) is 10.5 Å². The van der Waals surface area contributed by atoms with Crippen LogP contribution in [0, 0.1) is 11.7 Å². The normalized spacial score (nSPS) is 25.8. The monoisotopic (exact) mass is 251 g/mol. The third kappa shape index (κ3) is 3.02. The molecule has 1 fully saturated rings. The molecule has 0 heterocycles. The zero-order valence-corrected chi connectivity index (χ0v) is 11.2. The smallest absolute Gasteiger partial charge is 0.165 e. The molecule has 0 unspecified atom stereocenters. The highest BCUT2D eigenvalue weighted by molar-refractivity contribution is 5.37. The first-order chi connectivity index (χ1) is 8.58. The van der Waals surface area contributed by atoms with E-state index in [1.807, 2.05) is 13.0 Å². The van der Waals surface area contributed by atoms with Crippen LogP contribution in [0.2, 0.25) is 0 Å². The topological polar surface area (TPSA) is 35.2 Å². The number of halogens is 1. The Morgan fingerprint density at radius 3 is 2.56 bits per heavy atom. The predicted octanol–water partition coefficient (Wildman–Crippen LogP) is 3.80. The Bertz CT molecular complexity index is 397. The second kappa shape index (κ2) is 5.70. The van der Waals surface area contributed by atoms with Gasteiger partial charge in [0.15, 0.2) is 11.6 Å². The van der Waals surface area contributed by atoms with Crippen LogP contribution in [0.15, 0.2) is 18.2 Å². The van der Waals surface area contributed by atoms with Gasteiger partial charge in [-0.05, 0) is 44.6 Å². The molecule has 1 saturated carbocycles. The highest BCUT2D eigenvalue weighted by Crippen LogP contribution is 2.32. The predicted molar refractivity (Wildman–Crippen MR) is 71.1 cm³/mol. The summed E-state index contributed by atoms with van der Waals surface area (Å²) in [5.74, 6) is 0.814. The van der Waals surface area contributed by atoms with Gasteiger partial charge < -0.3 is 10.5 Å². The molecular formula is C15H22FNO. The number of nitrogens with two attached hydrogens (primary N) is 1. The number of hydrogen-bond acceptors (Lipinski definition) is 2. The average molecular weight is 251 g/mol. The van der Waals surface area contributed by atoms with Gasteiger partial charge in [-0.15, -0.1) is 0 Å². The van der Waals surface area contributed by atoms with E-state index in [9.17, 15) is 4.39 Å². The fourth-order valence-electron chi connectivity index (χ4n) is 2.52. The molecule has 100 valence electrons.